The zero-order chi connectivity index (χ0) is 14.3. The van der Waals surface area contributed by atoms with Gasteiger partial charge in [0.15, 0.2) is 0 Å². The minimum Gasteiger partial charge on any atom is -0.481 e. The zero-order valence-corrected chi connectivity index (χ0v) is 11.7. The number of hydrogen-bond acceptors (Lipinski definition) is 3. The first kappa shape index (κ1) is 15.8. The van der Waals surface area contributed by atoms with Gasteiger partial charge in [0.05, 0.1) is 6.61 Å². The van der Waals surface area contributed by atoms with E-state index in [0.717, 1.165) is 25.9 Å². The van der Waals surface area contributed by atoms with Gasteiger partial charge < -0.3 is 20.1 Å². The molecule has 19 heavy (non-hydrogen) atoms. The summed E-state index contributed by atoms with van der Waals surface area (Å²) < 4.78 is 5.09. The highest BCUT2D eigenvalue weighted by Gasteiger charge is 2.26. The molecule has 0 saturated carbocycles. The maximum absolute atomic E-state index is 11.9. The Morgan fingerprint density at radius 2 is 2.26 bits per heavy atom. The number of carbonyl (C=O) groups excluding carboxylic acids is 1. The lowest BCUT2D eigenvalue weighted by Gasteiger charge is -2.19. The Kier molecular flexibility index (Phi) is 6.62. The van der Waals surface area contributed by atoms with Gasteiger partial charge in [-0.05, 0) is 12.3 Å². The maximum Gasteiger partial charge on any atom is 0.317 e. The third kappa shape index (κ3) is 5.46. The minimum absolute atomic E-state index is 0.00109. The van der Waals surface area contributed by atoms with Crippen LogP contribution in [-0.2, 0) is 9.53 Å². The highest BCUT2D eigenvalue weighted by Crippen LogP contribution is 2.16. The van der Waals surface area contributed by atoms with E-state index in [4.69, 9.17) is 9.84 Å². The van der Waals surface area contributed by atoms with Crippen molar-refractivity contribution in [2.45, 2.75) is 26.2 Å². The molecule has 1 saturated heterocycles. The van der Waals surface area contributed by atoms with Crippen LogP contribution in [0.15, 0.2) is 0 Å². The van der Waals surface area contributed by atoms with E-state index in [1.54, 1.807) is 12.0 Å². The third-order valence-electron chi connectivity index (χ3n) is 3.56. The van der Waals surface area contributed by atoms with E-state index in [1.807, 2.05) is 6.92 Å². The predicted octanol–water partition coefficient (Wildman–Crippen LogP) is 1.17. The van der Waals surface area contributed by atoms with Crippen LogP contribution < -0.4 is 5.32 Å². The van der Waals surface area contributed by atoms with Crippen LogP contribution in [0.25, 0.3) is 0 Å². The molecular weight excluding hydrogens is 248 g/mol. The molecule has 2 unspecified atom stereocenters. The molecular formula is C13H24N2O4. The Bertz CT molecular complexity index is 309. The summed E-state index contributed by atoms with van der Waals surface area (Å²) >= 11 is 0. The van der Waals surface area contributed by atoms with Crippen LogP contribution in [0.3, 0.4) is 0 Å². The van der Waals surface area contributed by atoms with E-state index in [2.05, 4.69) is 5.32 Å². The van der Waals surface area contributed by atoms with Crippen LogP contribution in [0.5, 0.6) is 0 Å². The van der Waals surface area contributed by atoms with E-state index >= 15 is 0 Å². The van der Waals surface area contributed by atoms with Crippen LogP contribution in [0.2, 0.25) is 0 Å². The summed E-state index contributed by atoms with van der Waals surface area (Å²) in [6.07, 6.45) is 1.82. The van der Waals surface area contributed by atoms with Crippen LogP contribution >= 0.6 is 0 Å². The van der Waals surface area contributed by atoms with Gasteiger partial charge in [0.25, 0.3) is 0 Å². The van der Waals surface area contributed by atoms with Gasteiger partial charge in [-0.3, -0.25) is 4.79 Å². The first-order valence-corrected chi connectivity index (χ1v) is 6.80. The Labute approximate surface area is 114 Å². The number of likely N-dealkylation sites (tertiary alicyclic amines) is 1. The number of carbonyl (C=O) groups is 2. The second-order valence-electron chi connectivity index (χ2n) is 5.11. The van der Waals surface area contributed by atoms with Crippen LogP contribution in [0.4, 0.5) is 4.79 Å². The molecule has 1 fully saturated rings. The molecule has 110 valence electrons. The highest BCUT2D eigenvalue weighted by atomic mass is 16.5. The number of ether oxygens (including phenoxy) is 1. The molecule has 6 heteroatoms. The summed E-state index contributed by atoms with van der Waals surface area (Å²) in [5.74, 6) is -0.405. The Morgan fingerprint density at radius 1 is 1.53 bits per heavy atom. The number of nitrogens with zero attached hydrogens (tertiary/aromatic N) is 1. The number of hydrogen-bond donors (Lipinski definition) is 2. The van der Waals surface area contributed by atoms with Gasteiger partial charge >= 0.3 is 12.0 Å². The molecule has 0 spiro atoms. The van der Waals surface area contributed by atoms with Crippen molar-refractivity contribution in [1.29, 1.82) is 0 Å². The monoisotopic (exact) mass is 272 g/mol. The second-order valence-corrected chi connectivity index (χ2v) is 5.11. The smallest absolute Gasteiger partial charge is 0.317 e. The maximum atomic E-state index is 11.9. The molecule has 2 atom stereocenters. The Morgan fingerprint density at radius 3 is 2.84 bits per heavy atom. The normalized spacial score (nSPS) is 20.3. The summed E-state index contributed by atoms with van der Waals surface area (Å²) in [4.78, 5) is 24.4. The van der Waals surface area contributed by atoms with Crippen LogP contribution in [0, 0.1) is 11.8 Å². The predicted molar refractivity (Wildman–Crippen MR) is 71.0 cm³/mol. The average Bonchev–Trinajstić information content (AvgIpc) is 2.82. The highest BCUT2D eigenvalue weighted by molar-refractivity contribution is 5.74. The fourth-order valence-electron chi connectivity index (χ4n) is 2.34. The second kappa shape index (κ2) is 7.99. The first-order chi connectivity index (χ1) is 9.06. The molecule has 0 radical (unpaired) electrons. The van der Waals surface area contributed by atoms with Crippen molar-refractivity contribution >= 4 is 12.0 Å². The Hall–Kier alpha value is -1.30. The van der Waals surface area contributed by atoms with E-state index in [-0.39, 0.29) is 18.4 Å². The molecule has 2 amide bonds. The van der Waals surface area contributed by atoms with Gasteiger partial charge in [0.1, 0.15) is 0 Å². The molecule has 0 aromatic carbocycles. The van der Waals surface area contributed by atoms with Gasteiger partial charge in [-0.25, -0.2) is 4.79 Å². The standard InChI is InChI=1S/C13H24N2O4/c1-3-10(6-12(16)17)7-14-13(18)15-5-4-11(8-15)9-19-2/h10-11H,3-9H2,1-2H3,(H,14,18)(H,16,17). The van der Waals surface area contributed by atoms with Crippen LogP contribution in [0.1, 0.15) is 26.2 Å². The summed E-state index contributed by atoms with van der Waals surface area (Å²) in [7, 11) is 1.67. The fraction of sp³-hybridized carbons (Fsp3) is 0.846. The zero-order valence-electron chi connectivity index (χ0n) is 11.7. The van der Waals surface area contributed by atoms with E-state index in [9.17, 15) is 9.59 Å². The molecule has 0 bridgehead atoms. The summed E-state index contributed by atoms with van der Waals surface area (Å²) in [5.41, 5.74) is 0. The van der Waals surface area contributed by atoms with E-state index in [1.165, 1.54) is 0 Å². The van der Waals surface area contributed by atoms with E-state index < -0.39 is 5.97 Å². The molecule has 1 aliphatic rings. The largest absolute Gasteiger partial charge is 0.481 e. The molecule has 0 aromatic rings. The van der Waals surface area contributed by atoms with Crippen LogP contribution in [-0.4, -0.2) is 55.4 Å². The van der Waals surface area contributed by atoms with Gasteiger partial charge in [0, 0.05) is 39.1 Å². The molecule has 0 aliphatic carbocycles. The van der Waals surface area contributed by atoms with Crippen molar-refractivity contribution in [2.75, 3.05) is 33.4 Å². The van der Waals surface area contributed by atoms with Crippen molar-refractivity contribution in [3.05, 3.63) is 0 Å². The average molecular weight is 272 g/mol. The van der Waals surface area contributed by atoms with Gasteiger partial charge in [-0.1, -0.05) is 13.3 Å². The number of rotatable bonds is 7. The lowest BCUT2D eigenvalue weighted by molar-refractivity contribution is -0.138. The van der Waals surface area contributed by atoms with Crippen molar-refractivity contribution < 1.29 is 19.4 Å². The lowest BCUT2D eigenvalue weighted by Crippen LogP contribution is -2.41. The van der Waals surface area contributed by atoms with Gasteiger partial charge in [0.2, 0.25) is 0 Å². The molecule has 1 aliphatic heterocycles. The van der Waals surface area contributed by atoms with Crippen molar-refractivity contribution in [3.8, 4) is 0 Å². The number of amides is 2. The number of aliphatic carboxylic acids is 1. The fourth-order valence-corrected chi connectivity index (χ4v) is 2.34. The number of carboxylic acids is 1. The summed E-state index contributed by atoms with van der Waals surface area (Å²) in [6, 6.07) is -0.0950. The topological polar surface area (TPSA) is 78.9 Å². The summed E-state index contributed by atoms with van der Waals surface area (Å²) in [6.45, 7) is 4.50. The quantitative estimate of drug-likeness (QED) is 0.729. The number of nitrogens with one attached hydrogen (secondary N) is 1. The SMILES string of the molecule is CCC(CNC(=O)N1CCC(COC)C1)CC(=O)O. The van der Waals surface area contributed by atoms with Crippen molar-refractivity contribution in [3.63, 3.8) is 0 Å². The molecule has 1 heterocycles. The third-order valence-corrected chi connectivity index (χ3v) is 3.56. The Balaban J connectivity index is 2.29. The van der Waals surface area contributed by atoms with E-state index in [0.29, 0.717) is 19.1 Å². The molecule has 0 aromatic heterocycles. The minimum atomic E-state index is -0.817. The van der Waals surface area contributed by atoms with Gasteiger partial charge in [-0.2, -0.15) is 0 Å². The van der Waals surface area contributed by atoms with Gasteiger partial charge in [-0.15, -0.1) is 0 Å². The number of urea groups is 1. The van der Waals surface area contributed by atoms with Crippen molar-refractivity contribution in [2.24, 2.45) is 11.8 Å². The first-order valence-electron chi connectivity index (χ1n) is 6.80. The molecule has 6 nitrogen and oxygen atoms in total. The molecule has 1 rings (SSSR count). The lowest BCUT2D eigenvalue weighted by atomic mass is 10.0. The number of carboxylic acid groups (broad SMARTS) is 1. The molecule has 2 N–H and O–H groups in total. The van der Waals surface area contributed by atoms with Crippen molar-refractivity contribution in [1.82, 2.24) is 10.2 Å². The number of methoxy groups -OCH3 is 1. The summed E-state index contributed by atoms with van der Waals surface area (Å²) in [5, 5.41) is 11.6.